The lowest BCUT2D eigenvalue weighted by Gasteiger charge is -2.26. The third kappa shape index (κ3) is 7.24. The van der Waals surface area contributed by atoms with Crippen molar-refractivity contribution in [1.82, 2.24) is 15.5 Å². The average Bonchev–Trinajstić information content (AvgIpc) is 2.80. The van der Waals surface area contributed by atoms with Crippen molar-refractivity contribution >= 4 is 11.9 Å². The van der Waals surface area contributed by atoms with Gasteiger partial charge in [0.2, 0.25) is 0 Å². The van der Waals surface area contributed by atoms with Crippen LogP contribution in [-0.2, 0) is 13.1 Å². The molecule has 6 nitrogen and oxygen atoms in total. The van der Waals surface area contributed by atoms with Gasteiger partial charge in [-0.25, -0.2) is 13.6 Å². The van der Waals surface area contributed by atoms with Gasteiger partial charge in [0.05, 0.1) is 0 Å². The summed E-state index contributed by atoms with van der Waals surface area (Å²) in [6.07, 6.45) is 0.694. The van der Waals surface area contributed by atoms with Gasteiger partial charge in [0, 0.05) is 31.7 Å². The third-order valence-electron chi connectivity index (χ3n) is 5.00. The van der Waals surface area contributed by atoms with E-state index >= 15 is 0 Å². The fourth-order valence-electron chi connectivity index (χ4n) is 3.43. The lowest BCUT2D eigenvalue weighted by atomic mass is 10.1. The molecule has 1 heterocycles. The normalized spacial score (nSPS) is 13.7. The highest BCUT2D eigenvalue weighted by molar-refractivity contribution is 5.94. The van der Waals surface area contributed by atoms with Gasteiger partial charge in [0.1, 0.15) is 12.4 Å². The van der Waals surface area contributed by atoms with Crippen LogP contribution in [0.2, 0.25) is 0 Å². The van der Waals surface area contributed by atoms with E-state index < -0.39 is 13.0 Å². The number of ether oxygens (including phenoxy) is 1. The Morgan fingerprint density at radius 3 is 2.26 bits per heavy atom. The van der Waals surface area contributed by atoms with Gasteiger partial charge in [0.25, 0.3) is 12.3 Å². The molecule has 1 aliphatic rings. The van der Waals surface area contributed by atoms with Gasteiger partial charge in [-0.15, -0.1) is 0 Å². The van der Waals surface area contributed by atoms with Gasteiger partial charge in [-0.2, -0.15) is 0 Å². The number of nitrogens with one attached hydrogen (secondary N) is 2. The number of likely N-dealkylation sites (tertiary alicyclic amines) is 1. The van der Waals surface area contributed by atoms with E-state index in [1.54, 1.807) is 36.4 Å². The zero-order valence-corrected chi connectivity index (χ0v) is 17.3. The van der Waals surface area contributed by atoms with Crippen molar-refractivity contribution in [3.8, 4) is 5.75 Å². The fourth-order valence-corrected chi connectivity index (χ4v) is 3.43. The van der Waals surface area contributed by atoms with Crippen molar-refractivity contribution in [2.75, 3.05) is 19.7 Å². The molecule has 1 aliphatic heterocycles. The standard InChI is InChI=1S/C23H27F2N3O3/c24-21(25)16-31-20-9-5-7-18(13-20)15-27-23(30)26-14-17-6-4-8-19(12-17)22(29)28-10-2-1-3-11-28/h4-9,12-13,21H,1-3,10-11,14-16H2,(H2,26,27,30). The molecule has 2 aromatic carbocycles. The Morgan fingerprint density at radius 1 is 0.935 bits per heavy atom. The molecule has 3 amide bonds. The molecule has 0 aromatic heterocycles. The van der Waals surface area contributed by atoms with Crippen LogP contribution in [0.25, 0.3) is 0 Å². The molecule has 166 valence electrons. The summed E-state index contributed by atoms with van der Waals surface area (Å²) in [4.78, 5) is 26.6. The lowest BCUT2D eigenvalue weighted by molar-refractivity contribution is 0.0724. The second-order valence-electron chi connectivity index (χ2n) is 7.44. The topological polar surface area (TPSA) is 70.7 Å². The van der Waals surface area contributed by atoms with Gasteiger partial charge in [-0.3, -0.25) is 4.79 Å². The molecular weight excluding hydrogens is 404 g/mol. The monoisotopic (exact) mass is 431 g/mol. The number of carbonyl (C=O) groups is 2. The molecule has 0 spiro atoms. The number of nitrogens with zero attached hydrogens (tertiary/aromatic N) is 1. The van der Waals surface area contributed by atoms with Gasteiger partial charge in [-0.1, -0.05) is 24.3 Å². The van der Waals surface area contributed by atoms with Crippen LogP contribution in [0.3, 0.4) is 0 Å². The highest BCUT2D eigenvalue weighted by atomic mass is 19.3. The van der Waals surface area contributed by atoms with Gasteiger partial charge in [-0.05, 0) is 54.7 Å². The summed E-state index contributed by atoms with van der Waals surface area (Å²) < 4.78 is 29.5. The van der Waals surface area contributed by atoms with E-state index in [9.17, 15) is 18.4 Å². The van der Waals surface area contributed by atoms with Crippen molar-refractivity contribution in [2.24, 2.45) is 0 Å². The average molecular weight is 431 g/mol. The lowest BCUT2D eigenvalue weighted by Crippen LogP contribution is -2.36. The molecule has 0 saturated carbocycles. The maximum absolute atomic E-state index is 12.6. The molecule has 1 fully saturated rings. The minimum absolute atomic E-state index is 0.0277. The number of piperidine rings is 1. The van der Waals surface area contributed by atoms with E-state index in [0.29, 0.717) is 11.3 Å². The van der Waals surface area contributed by atoms with Crippen molar-refractivity contribution in [3.05, 3.63) is 65.2 Å². The van der Waals surface area contributed by atoms with Crippen LogP contribution in [0.15, 0.2) is 48.5 Å². The molecule has 0 unspecified atom stereocenters. The Balaban J connectivity index is 1.46. The van der Waals surface area contributed by atoms with Gasteiger partial charge < -0.3 is 20.3 Å². The van der Waals surface area contributed by atoms with E-state index in [1.807, 2.05) is 17.0 Å². The van der Waals surface area contributed by atoms with Crippen molar-refractivity contribution in [1.29, 1.82) is 0 Å². The van der Waals surface area contributed by atoms with Crippen LogP contribution in [-0.4, -0.2) is 43.0 Å². The second-order valence-corrected chi connectivity index (χ2v) is 7.44. The highest BCUT2D eigenvalue weighted by Gasteiger charge is 2.18. The number of halogens is 2. The van der Waals surface area contributed by atoms with Crippen molar-refractivity contribution in [3.63, 3.8) is 0 Å². The molecular formula is C23H27F2N3O3. The molecule has 2 N–H and O–H groups in total. The number of benzene rings is 2. The SMILES string of the molecule is O=C(NCc1cccc(OCC(F)F)c1)NCc1cccc(C(=O)N2CCCCC2)c1. The van der Waals surface area contributed by atoms with Crippen molar-refractivity contribution in [2.45, 2.75) is 38.8 Å². The number of alkyl halides is 2. The minimum atomic E-state index is -2.54. The second kappa shape index (κ2) is 11.3. The molecule has 8 heteroatoms. The first-order chi connectivity index (χ1) is 15.0. The summed E-state index contributed by atoms with van der Waals surface area (Å²) in [6.45, 7) is 1.42. The predicted molar refractivity (Wildman–Crippen MR) is 113 cm³/mol. The van der Waals surface area contributed by atoms with E-state index in [0.717, 1.165) is 43.5 Å². The van der Waals surface area contributed by atoms with Gasteiger partial charge >= 0.3 is 6.03 Å². The van der Waals surface area contributed by atoms with E-state index in [4.69, 9.17) is 4.74 Å². The van der Waals surface area contributed by atoms with Crippen LogP contribution < -0.4 is 15.4 Å². The number of hydrogen-bond acceptors (Lipinski definition) is 3. The molecule has 1 saturated heterocycles. The number of amides is 3. The van der Waals surface area contributed by atoms with Crippen LogP contribution in [0.5, 0.6) is 5.75 Å². The summed E-state index contributed by atoms with van der Waals surface area (Å²) in [6, 6.07) is 13.6. The summed E-state index contributed by atoms with van der Waals surface area (Å²) in [5.41, 5.74) is 2.19. The summed E-state index contributed by atoms with van der Waals surface area (Å²) >= 11 is 0. The molecule has 0 atom stereocenters. The predicted octanol–water partition coefficient (Wildman–Crippen LogP) is 3.96. The van der Waals surface area contributed by atoms with Gasteiger partial charge in [0.15, 0.2) is 0 Å². The summed E-state index contributed by atoms with van der Waals surface area (Å²) in [7, 11) is 0. The molecule has 0 aliphatic carbocycles. The number of hydrogen-bond donors (Lipinski definition) is 2. The first-order valence-corrected chi connectivity index (χ1v) is 10.4. The zero-order valence-electron chi connectivity index (χ0n) is 17.3. The Kier molecular flexibility index (Phi) is 8.20. The van der Waals surface area contributed by atoms with E-state index in [-0.39, 0.29) is 25.0 Å². The van der Waals surface area contributed by atoms with Crippen LogP contribution >= 0.6 is 0 Å². The Labute approximate surface area is 180 Å². The minimum Gasteiger partial charge on any atom is -0.488 e. The van der Waals surface area contributed by atoms with Crippen LogP contribution in [0.4, 0.5) is 13.6 Å². The number of urea groups is 1. The Bertz CT molecular complexity index is 886. The number of carbonyl (C=O) groups excluding carboxylic acids is 2. The van der Waals surface area contributed by atoms with Crippen LogP contribution in [0, 0.1) is 0 Å². The summed E-state index contributed by atoms with van der Waals surface area (Å²) in [5.74, 6) is 0.357. The molecule has 31 heavy (non-hydrogen) atoms. The number of rotatable bonds is 8. The smallest absolute Gasteiger partial charge is 0.315 e. The van der Waals surface area contributed by atoms with Crippen molar-refractivity contribution < 1.29 is 23.1 Å². The zero-order chi connectivity index (χ0) is 22.1. The molecule has 2 aromatic rings. The Hall–Kier alpha value is -3.16. The quantitative estimate of drug-likeness (QED) is 0.665. The maximum atomic E-state index is 12.6. The van der Waals surface area contributed by atoms with Crippen LogP contribution in [0.1, 0.15) is 40.7 Å². The fraction of sp³-hybridized carbons (Fsp3) is 0.391. The molecule has 0 radical (unpaired) electrons. The first kappa shape index (κ1) is 22.5. The molecule has 0 bridgehead atoms. The van der Waals surface area contributed by atoms with E-state index in [1.165, 1.54) is 0 Å². The largest absolute Gasteiger partial charge is 0.488 e. The Morgan fingerprint density at radius 2 is 1.58 bits per heavy atom. The maximum Gasteiger partial charge on any atom is 0.315 e. The first-order valence-electron chi connectivity index (χ1n) is 10.4. The third-order valence-corrected chi connectivity index (χ3v) is 5.00. The van der Waals surface area contributed by atoms with E-state index in [2.05, 4.69) is 10.6 Å². The summed E-state index contributed by atoms with van der Waals surface area (Å²) in [5, 5.41) is 5.49. The molecule has 3 rings (SSSR count). The highest BCUT2D eigenvalue weighted by Crippen LogP contribution is 2.15.